The molecule has 2 atom stereocenters. The van der Waals surface area contributed by atoms with Crippen LogP contribution in [0.2, 0.25) is 0 Å². The molecule has 2 fully saturated rings. The predicted octanol–water partition coefficient (Wildman–Crippen LogP) is 1.05. The summed E-state index contributed by atoms with van der Waals surface area (Å²) in [4.78, 5) is 0. The van der Waals surface area contributed by atoms with Crippen molar-refractivity contribution < 1.29 is 13.5 Å². The Hall–Kier alpha value is -1.47. The zero-order valence-electron chi connectivity index (χ0n) is 11.5. The molecule has 4 heterocycles. The number of hydrogen-bond acceptors (Lipinski definition) is 5. The summed E-state index contributed by atoms with van der Waals surface area (Å²) >= 11 is 0. The van der Waals surface area contributed by atoms with Gasteiger partial charge in [-0.1, -0.05) is 12.5 Å². The highest BCUT2D eigenvalue weighted by atomic mass is 32.2. The van der Waals surface area contributed by atoms with Gasteiger partial charge in [-0.3, -0.25) is 4.40 Å². The fraction of sp³-hybridized carbons (Fsp3) is 0.571. The van der Waals surface area contributed by atoms with Crippen LogP contribution in [0.25, 0.3) is 5.65 Å². The van der Waals surface area contributed by atoms with Crippen LogP contribution >= 0.6 is 0 Å². The second kappa shape index (κ2) is 4.27. The minimum absolute atomic E-state index is 0.291. The molecule has 0 aromatic carbocycles. The maximum Gasteiger partial charge on any atom is 0.160 e. The van der Waals surface area contributed by atoms with Crippen LogP contribution in [0.3, 0.4) is 0 Å². The van der Waals surface area contributed by atoms with Gasteiger partial charge >= 0.3 is 0 Å². The SMILES string of the molecule is O=S1(=O)C2CCCC1CC(O)(c1ccc3nncn3c1)C2. The van der Waals surface area contributed by atoms with Crippen molar-refractivity contribution in [3.05, 3.63) is 30.2 Å². The van der Waals surface area contributed by atoms with Crippen LogP contribution < -0.4 is 0 Å². The molecular weight excluding hydrogens is 290 g/mol. The van der Waals surface area contributed by atoms with E-state index in [1.165, 1.54) is 0 Å². The number of fused-ring (bicyclic) bond motifs is 3. The summed E-state index contributed by atoms with van der Waals surface area (Å²) in [5.74, 6) is 0. The molecular formula is C14H17N3O3S. The van der Waals surface area contributed by atoms with Crippen molar-refractivity contribution in [3.63, 3.8) is 0 Å². The summed E-state index contributed by atoms with van der Waals surface area (Å²) < 4.78 is 26.5. The molecule has 0 saturated carbocycles. The van der Waals surface area contributed by atoms with E-state index < -0.39 is 25.9 Å². The lowest BCUT2D eigenvalue weighted by atomic mass is 9.81. The van der Waals surface area contributed by atoms with Gasteiger partial charge in [-0.25, -0.2) is 8.42 Å². The fourth-order valence-electron chi connectivity index (χ4n) is 3.79. The van der Waals surface area contributed by atoms with Gasteiger partial charge in [0.1, 0.15) is 6.33 Å². The normalized spacial score (nSPS) is 34.9. The molecule has 0 aliphatic carbocycles. The topological polar surface area (TPSA) is 84.6 Å². The van der Waals surface area contributed by atoms with Crippen LogP contribution in [0.4, 0.5) is 0 Å². The third-order valence-corrected chi connectivity index (χ3v) is 7.60. The Balaban J connectivity index is 1.77. The van der Waals surface area contributed by atoms with Gasteiger partial charge in [0.15, 0.2) is 15.5 Å². The summed E-state index contributed by atoms with van der Waals surface area (Å²) in [6.07, 6.45) is 6.24. The van der Waals surface area contributed by atoms with Gasteiger partial charge in [0, 0.05) is 11.8 Å². The standard InChI is InChI=1S/C14H17N3O3S/c18-14(10-4-5-13-16-15-9-17(13)8-10)6-11-2-1-3-12(7-14)21(11,19)20/h4-5,8-9,11-12,18H,1-3,6-7H2. The van der Waals surface area contributed by atoms with E-state index in [-0.39, 0.29) is 0 Å². The van der Waals surface area contributed by atoms with Crippen LogP contribution in [-0.2, 0) is 15.4 Å². The highest BCUT2D eigenvalue weighted by molar-refractivity contribution is 7.92. The first-order valence-electron chi connectivity index (χ1n) is 7.24. The van der Waals surface area contributed by atoms with Gasteiger partial charge in [0.25, 0.3) is 0 Å². The average Bonchev–Trinajstić information content (AvgIpc) is 2.88. The molecule has 2 aliphatic rings. The number of rotatable bonds is 1. The molecule has 2 saturated heterocycles. The summed E-state index contributed by atoms with van der Waals surface area (Å²) in [6, 6.07) is 3.64. The lowest BCUT2D eigenvalue weighted by molar-refractivity contribution is 0.00465. The highest BCUT2D eigenvalue weighted by Gasteiger charge is 2.51. The third-order valence-electron chi connectivity index (χ3n) is 4.94. The Morgan fingerprint density at radius 3 is 2.67 bits per heavy atom. The Morgan fingerprint density at radius 1 is 1.24 bits per heavy atom. The van der Waals surface area contributed by atoms with Crippen molar-refractivity contribution in [3.8, 4) is 0 Å². The molecule has 0 radical (unpaired) electrons. The van der Waals surface area contributed by atoms with Crippen LogP contribution in [0.1, 0.15) is 37.7 Å². The van der Waals surface area contributed by atoms with Crippen molar-refractivity contribution >= 4 is 15.5 Å². The predicted molar refractivity (Wildman–Crippen MR) is 76.5 cm³/mol. The molecule has 2 unspecified atom stereocenters. The second-order valence-electron chi connectivity index (χ2n) is 6.22. The average molecular weight is 307 g/mol. The zero-order chi connectivity index (χ0) is 14.7. The highest BCUT2D eigenvalue weighted by Crippen LogP contribution is 2.45. The summed E-state index contributed by atoms with van der Waals surface area (Å²) in [5.41, 5.74) is 0.395. The van der Waals surface area contributed by atoms with Gasteiger partial charge < -0.3 is 5.11 Å². The monoisotopic (exact) mass is 307 g/mol. The van der Waals surface area contributed by atoms with E-state index in [0.717, 1.165) is 12.0 Å². The molecule has 2 bridgehead atoms. The quantitative estimate of drug-likeness (QED) is 0.851. The number of aromatic nitrogens is 3. The first kappa shape index (κ1) is 13.2. The zero-order valence-corrected chi connectivity index (χ0v) is 12.3. The summed E-state index contributed by atoms with van der Waals surface area (Å²) in [6.45, 7) is 0. The Labute approximate surface area is 122 Å². The number of nitrogens with zero attached hydrogens (tertiary/aromatic N) is 3. The van der Waals surface area contributed by atoms with E-state index >= 15 is 0 Å². The van der Waals surface area contributed by atoms with E-state index in [4.69, 9.17) is 0 Å². The third kappa shape index (κ3) is 1.91. The summed E-state index contributed by atoms with van der Waals surface area (Å²) in [5, 5.41) is 18.0. The van der Waals surface area contributed by atoms with E-state index in [9.17, 15) is 13.5 Å². The van der Waals surface area contributed by atoms with E-state index in [1.54, 1.807) is 16.8 Å². The Bertz CT molecular complexity index is 779. The largest absolute Gasteiger partial charge is 0.385 e. The minimum Gasteiger partial charge on any atom is -0.385 e. The van der Waals surface area contributed by atoms with Crippen molar-refractivity contribution in [1.82, 2.24) is 14.6 Å². The van der Waals surface area contributed by atoms with Gasteiger partial charge in [-0.2, -0.15) is 0 Å². The van der Waals surface area contributed by atoms with Crippen molar-refractivity contribution in [2.75, 3.05) is 0 Å². The van der Waals surface area contributed by atoms with Crippen LogP contribution in [0.15, 0.2) is 24.7 Å². The van der Waals surface area contributed by atoms with E-state index in [1.807, 2.05) is 12.3 Å². The van der Waals surface area contributed by atoms with Gasteiger partial charge in [0.2, 0.25) is 0 Å². The molecule has 7 heteroatoms. The van der Waals surface area contributed by atoms with Crippen LogP contribution in [0.5, 0.6) is 0 Å². The van der Waals surface area contributed by atoms with Gasteiger partial charge in [0.05, 0.1) is 16.1 Å². The number of hydrogen-bond donors (Lipinski definition) is 1. The second-order valence-corrected chi connectivity index (χ2v) is 8.73. The number of sulfone groups is 1. The molecule has 0 spiro atoms. The lowest BCUT2D eigenvalue weighted by Gasteiger charge is -2.44. The Morgan fingerprint density at radius 2 is 1.95 bits per heavy atom. The molecule has 4 rings (SSSR count). The molecule has 21 heavy (non-hydrogen) atoms. The first-order valence-corrected chi connectivity index (χ1v) is 8.85. The number of aliphatic hydroxyl groups is 1. The molecule has 6 nitrogen and oxygen atoms in total. The summed E-state index contributed by atoms with van der Waals surface area (Å²) in [7, 11) is -3.07. The molecule has 2 aliphatic heterocycles. The smallest absolute Gasteiger partial charge is 0.160 e. The molecule has 0 amide bonds. The Kier molecular flexibility index (Phi) is 2.68. The van der Waals surface area contributed by atoms with Crippen LogP contribution in [-0.4, -0.2) is 38.6 Å². The first-order chi connectivity index (χ1) is 9.99. The van der Waals surface area contributed by atoms with Crippen molar-refractivity contribution in [2.45, 2.75) is 48.2 Å². The minimum atomic E-state index is -3.07. The fourth-order valence-corrected chi connectivity index (χ4v) is 6.34. The number of pyridine rings is 1. The lowest BCUT2D eigenvalue weighted by Crippen LogP contribution is -2.50. The maximum absolute atomic E-state index is 12.3. The van der Waals surface area contributed by atoms with Gasteiger partial charge in [-0.15, -0.1) is 10.2 Å². The molecule has 2 aromatic rings. The van der Waals surface area contributed by atoms with Crippen molar-refractivity contribution in [2.24, 2.45) is 0 Å². The molecule has 112 valence electrons. The molecule has 1 N–H and O–H groups in total. The van der Waals surface area contributed by atoms with E-state index in [0.29, 0.717) is 31.3 Å². The van der Waals surface area contributed by atoms with Crippen LogP contribution in [0, 0.1) is 0 Å². The van der Waals surface area contributed by atoms with Gasteiger partial charge in [-0.05, 0) is 31.7 Å². The van der Waals surface area contributed by atoms with E-state index in [2.05, 4.69) is 10.2 Å². The van der Waals surface area contributed by atoms with Crippen molar-refractivity contribution in [1.29, 1.82) is 0 Å². The molecule has 2 aromatic heterocycles. The maximum atomic E-state index is 12.3.